The van der Waals surface area contributed by atoms with Crippen LogP contribution in [0.3, 0.4) is 0 Å². The van der Waals surface area contributed by atoms with Crippen molar-refractivity contribution in [3.05, 3.63) is 28.7 Å². The lowest BCUT2D eigenvalue weighted by Gasteiger charge is -2.45. The summed E-state index contributed by atoms with van der Waals surface area (Å²) in [6.07, 6.45) is 0. The van der Waals surface area contributed by atoms with Gasteiger partial charge in [-0.25, -0.2) is 0 Å². The van der Waals surface area contributed by atoms with Crippen molar-refractivity contribution in [3.8, 4) is 0 Å². The lowest BCUT2D eigenvalue weighted by molar-refractivity contribution is 0.214. The third-order valence-corrected chi connectivity index (χ3v) is 3.87. The number of anilines is 1. The number of piperazine rings is 1. The highest BCUT2D eigenvalue weighted by Gasteiger charge is 2.32. The number of rotatable bonds is 2. The van der Waals surface area contributed by atoms with Crippen molar-refractivity contribution in [2.75, 3.05) is 24.6 Å². The molecule has 1 saturated heterocycles. The number of benzene rings is 1. The van der Waals surface area contributed by atoms with Gasteiger partial charge in [0.15, 0.2) is 0 Å². The maximum absolute atomic E-state index is 9.49. The molecule has 3 nitrogen and oxygen atoms in total. The van der Waals surface area contributed by atoms with Gasteiger partial charge in [-0.1, -0.05) is 12.1 Å². The smallest absolute Gasteiger partial charge is 0.0647 e. The van der Waals surface area contributed by atoms with Gasteiger partial charge in [-0.15, -0.1) is 0 Å². The summed E-state index contributed by atoms with van der Waals surface area (Å²) in [4.78, 5) is 2.28. The summed E-state index contributed by atoms with van der Waals surface area (Å²) in [7, 11) is 0. The fourth-order valence-electron chi connectivity index (χ4n) is 2.24. The van der Waals surface area contributed by atoms with Gasteiger partial charge in [-0.3, -0.25) is 0 Å². The maximum atomic E-state index is 9.49. The highest BCUT2D eigenvalue weighted by atomic mass is 79.9. The van der Waals surface area contributed by atoms with E-state index in [2.05, 4.69) is 46.1 Å². The first-order valence-corrected chi connectivity index (χ1v) is 6.70. The van der Waals surface area contributed by atoms with Crippen molar-refractivity contribution < 1.29 is 5.11 Å². The summed E-state index contributed by atoms with van der Waals surface area (Å²) in [5, 5.41) is 12.9. The molecule has 1 atom stereocenters. The molecule has 1 aromatic carbocycles. The van der Waals surface area contributed by atoms with Gasteiger partial charge in [0.2, 0.25) is 0 Å². The largest absolute Gasteiger partial charge is 0.394 e. The van der Waals surface area contributed by atoms with E-state index in [0.717, 1.165) is 23.2 Å². The SMILES string of the molecule is CC1(C)CN(c2ccccc2Br)C(CO)CN1. The lowest BCUT2D eigenvalue weighted by atomic mass is 9.98. The molecule has 1 aliphatic rings. The number of halogens is 1. The molecule has 0 saturated carbocycles. The zero-order valence-corrected chi connectivity index (χ0v) is 11.9. The van der Waals surface area contributed by atoms with E-state index in [4.69, 9.17) is 0 Å². The standard InChI is InChI=1S/C13H19BrN2O/c1-13(2)9-16(10(8-17)7-15-13)12-6-4-3-5-11(12)14/h3-6,10,15,17H,7-9H2,1-2H3. The van der Waals surface area contributed by atoms with Gasteiger partial charge >= 0.3 is 0 Å². The van der Waals surface area contributed by atoms with Crippen LogP contribution < -0.4 is 10.2 Å². The number of para-hydroxylation sites is 1. The van der Waals surface area contributed by atoms with Gasteiger partial charge in [0.1, 0.15) is 0 Å². The second-order valence-corrected chi connectivity index (χ2v) is 6.03. The van der Waals surface area contributed by atoms with Gasteiger partial charge in [-0.05, 0) is 41.9 Å². The van der Waals surface area contributed by atoms with Crippen LogP contribution >= 0.6 is 15.9 Å². The van der Waals surface area contributed by atoms with Crippen molar-refractivity contribution in [2.45, 2.75) is 25.4 Å². The number of hydrogen-bond donors (Lipinski definition) is 2. The normalized spacial score (nSPS) is 23.8. The molecule has 1 aromatic rings. The number of nitrogens with one attached hydrogen (secondary N) is 1. The molecule has 17 heavy (non-hydrogen) atoms. The molecule has 1 unspecified atom stereocenters. The van der Waals surface area contributed by atoms with E-state index in [1.165, 1.54) is 0 Å². The van der Waals surface area contributed by atoms with Crippen molar-refractivity contribution in [3.63, 3.8) is 0 Å². The zero-order chi connectivity index (χ0) is 12.5. The van der Waals surface area contributed by atoms with Crippen LogP contribution in [-0.4, -0.2) is 36.4 Å². The zero-order valence-electron chi connectivity index (χ0n) is 10.3. The van der Waals surface area contributed by atoms with Crippen molar-refractivity contribution in [2.24, 2.45) is 0 Å². The predicted molar refractivity (Wildman–Crippen MR) is 74.4 cm³/mol. The van der Waals surface area contributed by atoms with E-state index in [-0.39, 0.29) is 18.2 Å². The van der Waals surface area contributed by atoms with E-state index in [0.29, 0.717) is 0 Å². The van der Waals surface area contributed by atoms with Gasteiger partial charge in [0.25, 0.3) is 0 Å². The molecule has 2 N–H and O–H groups in total. The van der Waals surface area contributed by atoms with E-state index in [9.17, 15) is 5.11 Å². The van der Waals surface area contributed by atoms with Crippen LogP contribution in [0.4, 0.5) is 5.69 Å². The third kappa shape index (κ3) is 2.81. The molecule has 0 aromatic heterocycles. The molecule has 1 fully saturated rings. The first-order valence-electron chi connectivity index (χ1n) is 5.90. The molecular weight excluding hydrogens is 280 g/mol. The van der Waals surface area contributed by atoms with Crippen LogP contribution in [0.15, 0.2) is 28.7 Å². The average Bonchev–Trinajstić information content (AvgIpc) is 2.28. The minimum Gasteiger partial charge on any atom is -0.394 e. The molecular formula is C13H19BrN2O. The summed E-state index contributed by atoms with van der Waals surface area (Å²) in [6.45, 7) is 6.24. The Balaban J connectivity index is 2.30. The molecule has 0 bridgehead atoms. The Labute approximate surface area is 111 Å². The molecule has 0 radical (unpaired) electrons. The molecule has 1 aliphatic heterocycles. The number of nitrogens with zero attached hydrogens (tertiary/aromatic N) is 1. The third-order valence-electron chi connectivity index (χ3n) is 3.20. The minimum absolute atomic E-state index is 0.0704. The Bertz CT molecular complexity index is 395. The second kappa shape index (κ2) is 4.96. The Morgan fingerprint density at radius 2 is 2.18 bits per heavy atom. The lowest BCUT2D eigenvalue weighted by Crippen LogP contribution is -2.62. The maximum Gasteiger partial charge on any atom is 0.0647 e. The van der Waals surface area contributed by atoms with E-state index in [1.807, 2.05) is 18.2 Å². The summed E-state index contributed by atoms with van der Waals surface area (Å²) in [6, 6.07) is 8.31. The van der Waals surface area contributed by atoms with Crippen LogP contribution in [0, 0.1) is 0 Å². The van der Waals surface area contributed by atoms with Crippen molar-refractivity contribution in [1.82, 2.24) is 5.32 Å². The van der Waals surface area contributed by atoms with Gasteiger partial charge in [0.05, 0.1) is 18.3 Å². The number of aliphatic hydroxyl groups excluding tert-OH is 1. The van der Waals surface area contributed by atoms with Crippen molar-refractivity contribution in [1.29, 1.82) is 0 Å². The Morgan fingerprint density at radius 1 is 1.47 bits per heavy atom. The van der Waals surface area contributed by atoms with Gasteiger partial charge < -0.3 is 15.3 Å². The van der Waals surface area contributed by atoms with Crippen LogP contribution in [0.1, 0.15) is 13.8 Å². The predicted octanol–water partition coefficient (Wildman–Crippen LogP) is 2.00. The summed E-state index contributed by atoms with van der Waals surface area (Å²) >= 11 is 3.58. The first-order chi connectivity index (χ1) is 8.03. The highest BCUT2D eigenvalue weighted by molar-refractivity contribution is 9.10. The molecule has 0 amide bonds. The molecule has 1 heterocycles. The van der Waals surface area contributed by atoms with Crippen LogP contribution in [-0.2, 0) is 0 Å². The number of aliphatic hydroxyl groups is 1. The Kier molecular flexibility index (Phi) is 3.76. The Hall–Kier alpha value is -0.580. The van der Waals surface area contributed by atoms with E-state index < -0.39 is 0 Å². The second-order valence-electron chi connectivity index (χ2n) is 5.18. The van der Waals surface area contributed by atoms with E-state index >= 15 is 0 Å². The summed E-state index contributed by atoms with van der Waals surface area (Å²) in [5.74, 6) is 0. The van der Waals surface area contributed by atoms with Crippen LogP contribution in [0.5, 0.6) is 0 Å². The monoisotopic (exact) mass is 298 g/mol. The topological polar surface area (TPSA) is 35.5 Å². The summed E-state index contributed by atoms with van der Waals surface area (Å²) < 4.78 is 1.08. The van der Waals surface area contributed by atoms with Crippen LogP contribution in [0.2, 0.25) is 0 Å². The van der Waals surface area contributed by atoms with E-state index in [1.54, 1.807) is 0 Å². The molecule has 0 spiro atoms. The average molecular weight is 299 g/mol. The van der Waals surface area contributed by atoms with Crippen LogP contribution in [0.25, 0.3) is 0 Å². The summed E-state index contributed by atoms with van der Waals surface area (Å²) in [5.41, 5.74) is 1.22. The fraction of sp³-hybridized carbons (Fsp3) is 0.538. The van der Waals surface area contributed by atoms with Gasteiger partial charge in [0, 0.05) is 23.1 Å². The number of hydrogen-bond acceptors (Lipinski definition) is 3. The molecule has 0 aliphatic carbocycles. The fourth-order valence-corrected chi connectivity index (χ4v) is 2.76. The minimum atomic E-state index is 0.0704. The van der Waals surface area contributed by atoms with Gasteiger partial charge in [-0.2, -0.15) is 0 Å². The van der Waals surface area contributed by atoms with Crippen molar-refractivity contribution >= 4 is 21.6 Å². The molecule has 94 valence electrons. The quantitative estimate of drug-likeness (QED) is 0.877. The first kappa shape index (κ1) is 12.9. The molecule has 2 rings (SSSR count). The highest BCUT2D eigenvalue weighted by Crippen LogP contribution is 2.30. The Morgan fingerprint density at radius 3 is 2.82 bits per heavy atom. The molecule has 4 heteroatoms.